The van der Waals surface area contributed by atoms with Crippen molar-refractivity contribution in [3.05, 3.63) is 71.6 Å². The van der Waals surface area contributed by atoms with E-state index in [1.54, 1.807) is 12.1 Å². The zero-order valence-electron chi connectivity index (χ0n) is 18.8. The van der Waals surface area contributed by atoms with Crippen LogP contribution in [-0.4, -0.2) is 52.4 Å². The van der Waals surface area contributed by atoms with Gasteiger partial charge in [0.15, 0.2) is 24.0 Å². The Bertz CT molecular complexity index is 1090. The molecule has 9 heteroatoms. The topological polar surface area (TPSA) is 81.5 Å². The molecule has 0 saturated heterocycles. The number of aromatic nitrogens is 3. The molecule has 1 unspecified atom stereocenters. The fourth-order valence-electron chi connectivity index (χ4n) is 3.94. The van der Waals surface area contributed by atoms with Crippen molar-refractivity contribution in [2.24, 2.45) is 0 Å². The number of carbonyl (C=O) groups excluding carboxylic acids is 1. The van der Waals surface area contributed by atoms with Gasteiger partial charge in [-0.3, -0.25) is 9.69 Å². The van der Waals surface area contributed by atoms with Gasteiger partial charge in [-0.1, -0.05) is 24.3 Å². The molecule has 0 saturated carbocycles. The summed E-state index contributed by atoms with van der Waals surface area (Å²) in [5.74, 6) is 1.94. The van der Waals surface area contributed by atoms with Gasteiger partial charge in [0.05, 0.1) is 13.2 Å². The monoisotopic (exact) mass is 453 g/mol. The van der Waals surface area contributed by atoms with Crippen molar-refractivity contribution in [3.63, 3.8) is 0 Å². The minimum atomic E-state index is -0.363. The van der Waals surface area contributed by atoms with Crippen LogP contribution in [0.25, 0.3) is 0 Å². The highest BCUT2D eigenvalue weighted by atomic mass is 19.1. The second-order valence-corrected chi connectivity index (χ2v) is 8.01. The Balaban J connectivity index is 1.34. The highest BCUT2D eigenvalue weighted by Gasteiger charge is 2.23. The van der Waals surface area contributed by atoms with Gasteiger partial charge in [-0.25, -0.2) is 4.39 Å². The number of carbonyl (C=O) groups is 1. The first-order chi connectivity index (χ1) is 16.0. The summed E-state index contributed by atoms with van der Waals surface area (Å²) in [6, 6.07) is 13.9. The molecule has 33 heavy (non-hydrogen) atoms. The fraction of sp³-hybridized carbons (Fsp3) is 0.375. The number of rotatable bonds is 8. The zero-order valence-corrected chi connectivity index (χ0v) is 18.8. The van der Waals surface area contributed by atoms with Gasteiger partial charge in [0.1, 0.15) is 11.6 Å². The molecule has 3 aromatic rings. The Hall–Kier alpha value is -3.46. The number of para-hydroxylation sites is 1. The second-order valence-electron chi connectivity index (χ2n) is 8.01. The molecule has 2 aromatic carbocycles. The highest BCUT2D eigenvalue weighted by molar-refractivity contribution is 5.77. The number of nitrogens with one attached hydrogen (secondary N) is 1. The Kier molecular flexibility index (Phi) is 7.19. The molecule has 1 atom stereocenters. The van der Waals surface area contributed by atoms with Crippen molar-refractivity contribution in [3.8, 4) is 11.5 Å². The molecule has 1 amide bonds. The van der Waals surface area contributed by atoms with Crippen LogP contribution in [0.1, 0.15) is 30.2 Å². The number of methoxy groups -OCH3 is 1. The van der Waals surface area contributed by atoms with Crippen LogP contribution in [-0.2, 0) is 24.3 Å². The van der Waals surface area contributed by atoms with E-state index in [1.807, 2.05) is 37.3 Å². The van der Waals surface area contributed by atoms with Crippen LogP contribution in [0.3, 0.4) is 0 Å². The van der Waals surface area contributed by atoms with E-state index in [9.17, 15) is 9.18 Å². The lowest BCUT2D eigenvalue weighted by Crippen LogP contribution is -2.33. The number of benzene rings is 2. The van der Waals surface area contributed by atoms with Crippen LogP contribution >= 0.6 is 0 Å². The van der Waals surface area contributed by atoms with Crippen molar-refractivity contribution in [1.82, 2.24) is 25.0 Å². The molecule has 174 valence electrons. The quantitative estimate of drug-likeness (QED) is 0.565. The van der Waals surface area contributed by atoms with E-state index in [1.165, 1.54) is 13.2 Å². The van der Waals surface area contributed by atoms with Crippen LogP contribution in [0.5, 0.6) is 11.5 Å². The number of fused-ring (bicyclic) bond motifs is 1. The van der Waals surface area contributed by atoms with E-state index >= 15 is 0 Å². The van der Waals surface area contributed by atoms with E-state index in [-0.39, 0.29) is 30.1 Å². The van der Waals surface area contributed by atoms with Crippen molar-refractivity contribution < 1.29 is 18.7 Å². The first-order valence-electron chi connectivity index (χ1n) is 11.0. The molecule has 1 aliphatic rings. The van der Waals surface area contributed by atoms with Gasteiger partial charge >= 0.3 is 0 Å². The van der Waals surface area contributed by atoms with Crippen molar-refractivity contribution >= 4 is 5.91 Å². The number of hydrogen-bond donors (Lipinski definition) is 1. The van der Waals surface area contributed by atoms with Crippen LogP contribution in [0.4, 0.5) is 4.39 Å². The molecule has 1 N–H and O–H groups in total. The largest absolute Gasteiger partial charge is 0.494 e. The minimum Gasteiger partial charge on any atom is -0.494 e. The van der Waals surface area contributed by atoms with Gasteiger partial charge in [-0.2, -0.15) is 0 Å². The number of nitrogens with zero attached hydrogens (tertiary/aromatic N) is 4. The van der Waals surface area contributed by atoms with E-state index in [0.717, 1.165) is 36.7 Å². The molecule has 0 spiro atoms. The average molecular weight is 454 g/mol. The highest BCUT2D eigenvalue weighted by Crippen LogP contribution is 2.21. The fourth-order valence-corrected chi connectivity index (χ4v) is 3.94. The molecule has 0 bridgehead atoms. The third kappa shape index (κ3) is 5.67. The predicted molar refractivity (Wildman–Crippen MR) is 120 cm³/mol. The second kappa shape index (κ2) is 10.4. The van der Waals surface area contributed by atoms with Gasteiger partial charge in [-0.15, -0.1) is 10.2 Å². The van der Waals surface area contributed by atoms with Gasteiger partial charge < -0.3 is 19.4 Å². The number of halogens is 1. The number of ether oxygens (including phenoxy) is 2. The first kappa shape index (κ1) is 22.7. The lowest BCUT2D eigenvalue weighted by molar-refractivity contribution is -0.123. The van der Waals surface area contributed by atoms with E-state index in [4.69, 9.17) is 9.47 Å². The molecule has 0 aliphatic carbocycles. The SMILES string of the molecule is COc1cc(CN2CCc3nnc(C(C)NC(=O)COc4ccccc4)n3CC2)ccc1F. The summed E-state index contributed by atoms with van der Waals surface area (Å²) < 4.78 is 26.4. The van der Waals surface area contributed by atoms with Gasteiger partial charge in [-0.05, 0) is 36.8 Å². The summed E-state index contributed by atoms with van der Waals surface area (Å²) in [6.07, 6.45) is 0.739. The third-order valence-corrected chi connectivity index (χ3v) is 5.65. The summed E-state index contributed by atoms with van der Waals surface area (Å²) >= 11 is 0. The Morgan fingerprint density at radius 3 is 2.76 bits per heavy atom. The Morgan fingerprint density at radius 1 is 1.15 bits per heavy atom. The molecule has 4 rings (SSSR count). The Morgan fingerprint density at radius 2 is 1.97 bits per heavy atom. The summed E-state index contributed by atoms with van der Waals surface area (Å²) in [5.41, 5.74) is 0.991. The lowest BCUT2D eigenvalue weighted by Gasteiger charge is -2.20. The molecule has 0 fully saturated rings. The maximum atomic E-state index is 13.7. The molecule has 1 aromatic heterocycles. The van der Waals surface area contributed by atoms with Crippen molar-refractivity contribution in [1.29, 1.82) is 0 Å². The van der Waals surface area contributed by atoms with Crippen LogP contribution in [0.15, 0.2) is 48.5 Å². The molecule has 0 radical (unpaired) electrons. The van der Waals surface area contributed by atoms with Crippen LogP contribution < -0.4 is 14.8 Å². The predicted octanol–water partition coefficient (Wildman–Crippen LogP) is 2.74. The standard InChI is InChI=1S/C24H28FN5O3/c1-17(26-23(31)16-33-19-6-4-3-5-7-19)24-28-27-22-10-11-29(12-13-30(22)24)15-18-8-9-20(25)21(14-18)32-2/h3-9,14,17H,10-13,15-16H2,1-2H3,(H,26,31). The zero-order chi connectivity index (χ0) is 23.2. The maximum absolute atomic E-state index is 13.7. The van der Waals surface area contributed by atoms with E-state index in [2.05, 4.69) is 25.0 Å². The summed E-state index contributed by atoms with van der Waals surface area (Å²) in [4.78, 5) is 14.6. The van der Waals surface area contributed by atoms with E-state index in [0.29, 0.717) is 18.8 Å². The van der Waals surface area contributed by atoms with Crippen LogP contribution in [0.2, 0.25) is 0 Å². The van der Waals surface area contributed by atoms with Gasteiger partial charge in [0.25, 0.3) is 5.91 Å². The molecular formula is C24H28FN5O3. The first-order valence-corrected chi connectivity index (χ1v) is 11.0. The molecule has 1 aliphatic heterocycles. The summed E-state index contributed by atoms with van der Waals surface area (Å²) in [5, 5.41) is 11.6. The summed E-state index contributed by atoms with van der Waals surface area (Å²) in [6.45, 7) is 4.82. The molecule has 2 heterocycles. The van der Waals surface area contributed by atoms with Crippen molar-refractivity contribution in [2.75, 3.05) is 26.8 Å². The lowest BCUT2D eigenvalue weighted by atomic mass is 10.2. The van der Waals surface area contributed by atoms with E-state index < -0.39 is 0 Å². The third-order valence-electron chi connectivity index (χ3n) is 5.65. The van der Waals surface area contributed by atoms with Crippen LogP contribution in [0, 0.1) is 5.82 Å². The minimum absolute atomic E-state index is 0.0652. The number of hydrogen-bond acceptors (Lipinski definition) is 6. The molecular weight excluding hydrogens is 425 g/mol. The van der Waals surface area contributed by atoms with Crippen molar-refractivity contribution in [2.45, 2.75) is 32.5 Å². The normalized spacial score (nSPS) is 14.8. The average Bonchev–Trinajstić information content (AvgIpc) is 3.14. The summed E-state index contributed by atoms with van der Waals surface area (Å²) in [7, 11) is 1.47. The maximum Gasteiger partial charge on any atom is 0.258 e. The Labute approximate surface area is 192 Å². The number of amides is 1. The smallest absolute Gasteiger partial charge is 0.258 e. The molecule has 8 nitrogen and oxygen atoms in total. The van der Waals surface area contributed by atoms with Gasteiger partial charge in [0.2, 0.25) is 0 Å². The van der Waals surface area contributed by atoms with Gasteiger partial charge in [0, 0.05) is 32.6 Å².